The number of nitriles is 1. The molecule has 1 aromatic carbocycles. The second-order valence-electron chi connectivity index (χ2n) is 4.61. The summed E-state index contributed by atoms with van der Waals surface area (Å²) in [6.07, 6.45) is 0.0309. The maximum atomic E-state index is 10.9. The maximum Gasteiger partial charge on any atom is 0.305 e. The highest BCUT2D eigenvalue weighted by molar-refractivity contribution is 5.71. The molecule has 0 atom stereocenters. The van der Waals surface area contributed by atoms with Crippen molar-refractivity contribution in [1.29, 1.82) is 5.26 Å². The van der Waals surface area contributed by atoms with E-state index in [9.17, 15) is 4.79 Å². The van der Waals surface area contributed by atoms with Crippen LogP contribution in [0.4, 0.5) is 5.69 Å². The maximum absolute atomic E-state index is 10.9. The van der Waals surface area contributed by atoms with Crippen LogP contribution in [-0.2, 0) is 4.79 Å². The van der Waals surface area contributed by atoms with E-state index in [0.717, 1.165) is 0 Å². The number of hydrogen-bond acceptors (Lipinski definition) is 5. The summed E-state index contributed by atoms with van der Waals surface area (Å²) in [5.74, 6) is -0.308. The summed E-state index contributed by atoms with van der Waals surface area (Å²) in [5.41, 5.74) is 0.707. The summed E-state index contributed by atoms with van der Waals surface area (Å²) in [4.78, 5) is 10.9. The number of carboxylic acids is 1. The summed E-state index contributed by atoms with van der Waals surface area (Å²) in [6.45, 7) is 1.17. The molecule has 0 spiro atoms. The molecule has 0 unspecified atom stereocenters. The van der Waals surface area contributed by atoms with Gasteiger partial charge in [0.25, 0.3) is 0 Å². The van der Waals surface area contributed by atoms with Crippen molar-refractivity contribution in [2.75, 3.05) is 25.5 Å². The zero-order valence-corrected chi connectivity index (χ0v) is 10.6. The molecule has 0 saturated carbocycles. The molecule has 6 heteroatoms. The van der Waals surface area contributed by atoms with Gasteiger partial charge in [-0.05, 0) is 12.1 Å². The number of carbonyl (C=O) groups is 1. The smallest absolute Gasteiger partial charge is 0.305 e. The number of aliphatic carboxylic acids is 1. The van der Waals surface area contributed by atoms with Gasteiger partial charge in [0, 0.05) is 19.2 Å². The third-order valence-corrected chi connectivity index (χ3v) is 3.15. The second-order valence-corrected chi connectivity index (χ2v) is 4.61. The molecular weight excluding hydrogens is 246 g/mol. The minimum absolute atomic E-state index is 0.0309. The highest BCUT2D eigenvalue weighted by Crippen LogP contribution is 2.31. The zero-order chi connectivity index (χ0) is 13.9. The van der Waals surface area contributed by atoms with Crippen molar-refractivity contribution in [1.82, 2.24) is 5.32 Å². The monoisotopic (exact) mass is 261 g/mol. The van der Waals surface area contributed by atoms with E-state index in [1.807, 2.05) is 6.07 Å². The number of carboxylic acid groups (broad SMARTS) is 1. The first-order valence-electron chi connectivity index (χ1n) is 5.87. The van der Waals surface area contributed by atoms with Gasteiger partial charge in [0.05, 0.1) is 36.4 Å². The van der Waals surface area contributed by atoms with Gasteiger partial charge in [-0.2, -0.15) is 5.26 Å². The molecule has 1 aromatic rings. The van der Waals surface area contributed by atoms with Gasteiger partial charge in [-0.1, -0.05) is 0 Å². The summed E-state index contributed by atoms with van der Waals surface area (Å²) in [7, 11) is 1.52. The van der Waals surface area contributed by atoms with Crippen molar-refractivity contribution in [2.24, 2.45) is 0 Å². The molecule has 0 amide bonds. The van der Waals surface area contributed by atoms with Crippen molar-refractivity contribution >= 4 is 11.7 Å². The molecule has 0 aromatic heterocycles. The number of ether oxygens (including phenoxy) is 1. The largest absolute Gasteiger partial charge is 0.495 e. The first kappa shape index (κ1) is 13.2. The predicted octanol–water partition coefficient (Wildman–Crippen LogP) is 0.795. The molecule has 1 aliphatic rings. The lowest BCUT2D eigenvalue weighted by molar-refractivity contribution is -0.138. The van der Waals surface area contributed by atoms with Crippen LogP contribution in [0.15, 0.2) is 18.2 Å². The number of anilines is 1. The van der Waals surface area contributed by atoms with Crippen LogP contribution in [0.5, 0.6) is 5.75 Å². The Labute approximate surface area is 111 Å². The fraction of sp³-hybridized carbons (Fsp3) is 0.385. The van der Waals surface area contributed by atoms with Crippen LogP contribution in [0.1, 0.15) is 12.0 Å². The van der Waals surface area contributed by atoms with E-state index in [0.29, 0.717) is 30.1 Å². The zero-order valence-electron chi connectivity index (χ0n) is 10.6. The number of nitrogens with zero attached hydrogens (tertiary/aromatic N) is 1. The standard InChI is InChI=1S/C13H15N3O3/c1-19-11-4-9(6-14)2-3-10(11)16-13(5-12(17)18)7-15-8-13/h2-4,15-16H,5,7-8H2,1H3,(H,17,18). The van der Waals surface area contributed by atoms with Crippen LogP contribution in [0.3, 0.4) is 0 Å². The minimum atomic E-state index is -0.846. The highest BCUT2D eigenvalue weighted by atomic mass is 16.5. The Bertz CT molecular complexity index is 532. The number of nitrogens with one attached hydrogen (secondary N) is 2. The minimum Gasteiger partial charge on any atom is -0.495 e. The van der Waals surface area contributed by atoms with Crippen LogP contribution >= 0.6 is 0 Å². The summed E-state index contributed by atoms with van der Waals surface area (Å²) in [6, 6.07) is 7.07. The van der Waals surface area contributed by atoms with E-state index in [1.165, 1.54) is 7.11 Å². The van der Waals surface area contributed by atoms with Crippen LogP contribution in [-0.4, -0.2) is 36.8 Å². The van der Waals surface area contributed by atoms with E-state index in [2.05, 4.69) is 10.6 Å². The molecule has 19 heavy (non-hydrogen) atoms. The van der Waals surface area contributed by atoms with E-state index in [1.54, 1.807) is 18.2 Å². The van der Waals surface area contributed by atoms with E-state index < -0.39 is 11.5 Å². The lowest BCUT2D eigenvalue weighted by atomic mass is 9.88. The fourth-order valence-corrected chi connectivity index (χ4v) is 2.12. The Hall–Kier alpha value is -2.26. The van der Waals surface area contributed by atoms with Crippen LogP contribution < -0.4 is 15.4 Å². The molecule has 3 N–H and O–H groups in total. The molecule has 100 valence electrons. The van der Waals surface area contributed by atoms with Gasteiger partial charge in [0.1, 0.15) is 5.75 Å². The van der Waals surface area contributed by atoms with Gasteiger partial charge >= 0.3 is 5.97 Å². The molecule has 1 saturated heterocycles. The summed E-state index contributed by atoms with van der Waals surface area (Å²) in [5, 5.41) is 24.1. The molecule has 6 nitrogen and oxygen atoms in total. The predicted molar refractivity (Wildman–Crippen MR) is 69.2 cm³/mol. The molecule has 1 aliphatic heterocycles. The normalized spacial score (nSPS) is 16.0. The van der Waals surface area contributed by atoms with Crippen LogP contribution in [0.2, 0.25) is 0 Å². The quantitative estimate of drug-likeness (QED) is 0.725. The fourth-order valence-electron chi connectivity index (χ4n) is 2.12. The third kappa shape index (κ3) is 2.77. The van der Waals surface area contributed by atoms with Crippen LogP contribution in [0.25, 0.3) is 0 Å². The van der Waals surface area contributed by atoms with Crippen molar-refractivity contribution in [2.45, 2.75) is 12.0 Å². The first-order valence-corrected chi connectivity index (χ1v) is 5.87. The lowest BCUT2D eigenvalue weighted by Crippen LogP contribution is -2.65. The van der Waals surface area contributed by atoms with Gasteiger partial charge < -0.3 is 20.5 Å². The number of methoxy groups -OCH3 is 1. The molecular formula is C13H15N3O3. The Morgan fingerprint density at radius 3 is 2.84 bits per heavy atom. The molecule has 1 fully saturated rings. The molecule has 0 aliphatic carbocycles. The summed E-state index contributed by atoms with van der Waals surface area (Å²) >= 11 is 0. The topological polar surface area (TPSA) is 94.4 Å². The average molecular weight is 261 g/mol. The lowest BCUT2D eigenvalue weighted by Gasteiger charge is -2.43. The van der Waals surface area contributed by atoms with Crippen LogP contribution in [0, 0.1) is 11.3 Å². The Kier molecular flexibility index (Phi) is 3.58. The number of benzene rings is 1. The molecule has 2 rings (SSSR count). The highest BCUT2D eigenvalue weighted by Gasteiger charge is 2.39. The van der Waals surface area contributed by atoms with Crippen molar-refractivity contribution in [3.05, 3.63) is 23.8 Å². The Balaban J connectivity index is 2.22. The van der Waals surface area contributed by atoms with E-state index >= 15 is 0 Å². The van der Waals surface area contributed by atoms with Gasteiger partial charge in [0.15, 0.2) is 0 Å². The van der Waals surface area contributed by atoms with E-state index in [-0.39, 0.29) is 6.42 Å². The Morgan fingerprint density at radius 1 is 1.63 bits per heavy atom. The first-order chi connectivity index (χ1) is 9.08. The number of hydrogen-bond donors (Lipinski definition) is 3. The van der Waals surface area contributed by atoms with Crippen molar-refractivity contribution in [3.63, 3.8) is 0 Å². The van der Waals surface area contributed by atoms with Crippen molar-refractivity contribution < 1.29 is 14.6 Å². The summed E-state index contributed by atoms with van der Waals surface area (Å²) < 4.78 is 5.23. The molecule has 0 bridgehead atoms. The van der Waals surface area contributed by atoms with Gasteiger partial charge in [-0.3, -0.25) is 4.79 Å². The van der Waals surface area contributed by atoms with Crippen molar-refractivity contribution in [3.8, 4) is 11.8 Å². The van der Waals surface area contributed by atoms with E-state index in [4.69, 9.17) is 15.1 Å². The van der Waals surface area contributed by atoms with Gasteiger partial charge in [-0.15, -0.1) is 0 Å². The molecule has 1 heterocycles. The average Bonchev–Trinajstić information content (AvgIpc) is 2.36. The number of rotatable bonds is 5. The Morgan fingerprint density at radius 2 is 2.37 bits per heavy atom. The second kappa shape index (κ2) is 5.16. The third-order valence-electron chi connectivity index (χ3n) is 3.15. The molecule has 0 radical (unpaired) electrons. The SMILES string of the molecule is COc1cc(C#N)ccc1NC1(CC(=O)O)CNC1. The van der Waals surface area contributed by atoms with Gasteiger partial charge in [0.2, 0.25) is 0 Å². The van der Waals surface area contributed by atoms with Gasteiger partial charge in [-0.25, -0.2) is 0 Å².